The summed E-state index contributed by atoms with van der Waals surface area (Å²) in [6.07, 6.45) is 1.94. The molecule has 0 bridgehead atoms. The van der Waals surface area contributed by atoms with Crippen molar-refractivity contribution in [3.63, 3.8) is 0 Å². The molecule has 38 heavy (non-hydrogen) atoms. The first kappa shape index (κ1) is 31.7. The molecule has 1 fully saturated rings. The topological polar surface area (TPSA) is 103 Å². The zero-order chi connectivity index (χ0) is 27.9. The van der Waals surface area contributed by atoms with E-state index in [1.165, 1.54) is 6.07 Å². The molecule has 0 amide bonds. The minimum absolute atomic E-state index is 0.0983. The lowest BCUT2D eigenvalue weighted by Gasteiger charge is -2.32. The Labute approximate surface area is 229 Å². The predicted octanol–water partition coefficient (Wildman–Crippen LogP) is 4.09. The van der Waals surface area contributed by atoms with Gasteiger partial charge < -0.3 is 24.6 Å². The maximum Gasteiger partial charge on any atom is 0.335 e. The number of benzene rings is 2. The largest absolute Gasteiger partial charge is 0.478 e. The predicted molar refractivity (Wildman–Crippen MR) is 152 cm³/mol. The van der Waals surface area contributed by atoms with Crippen LogP contribution in [0.1, 0.15) is 44.0 Å². The number of nitrogens with zero attached hydrogens (tertiary/aromatic N) is 3. The zero-order valence-corrected chi connectivity index (χ0v) is 23.9. The number of para-hydroxylation sites is 1. The van der Waals surface area contributed by atoms with Gasteiger partial charge in [0.2, 0.25) is 0 Å². The molecule has 3 rings (SSSR count). The Morgan fingerprint density at radius 3 is 2.34 bits per heavy atom. The van der Waals surface area contributed by atoms with Gasteiger partial charge in [-0.1, -0.05) is 38.5 Å². The maximum atomic E-state index is 13.5. The molecular formula is C28H43N3O6S. The second-order valence-electron chi connectivity index (χ2n) is 8.85. The molecule has 2 N–H and O–H groups in total. The van der Waals surface area contributed by atoms with Crippen LogP contribution in [0.25, 0.3) is 0 Å². The third-order valence-electron chi connectivity index (χ3n) is 6.07. The van der Waals surface area contributed by atoms with Gasteiger partial charge in [-0.25, -0.2) is 13.3 Å². The molecule has 212 valence electrons. The highest BCUT2D eigenvalue weighted by Gasteiger charge is 2.26. The molecule has 0 aliphatic carbocycles. The van der Waals surface area contributed by atoms with Crippen molar-refractivity contribution in [2.24, 2.45) is 0 Å². The van der Waals surface area contributed by atoms with Crippen LogP contribution in [0.5, 0.6) is 11.5 Å². The number of unbranched alkanes of at least 4 members (excludes halogenated alkanes) is 1. The number of hydrogen-bond donors (Lipinski definition) is 2. The molecule has 2 aromatic carbocycles. The molecule has 1 unspecified atom stereocenters. The lowest BCUT2D eigenvalue weighted by molar-refractivity contribution is 0.0391. The third kappa shape index (κ3) is 9.67. The molecule has 2 aromatic rings. The van der Waals surface area contributed by atoms with Crippen LogP contribution < -0.4 is 9.64 Å². The summed E-state index contributed by atoms with van der Waals surface area (Å²) in [5, 5.41) is 17.5. The van der Waals surface area contributed by atoms with Gasteiger partial charge in [0.15, 0.2) is 5.75 Å². The molecule has 1 heterocycles. The normalized spacial score (nSPS) is 14.5. The summed E-state index contributed by atoms with van der Waals surface area (Å²) in [6.45, 7) is 12.0. The Morgan fingerprint density at radius 1 is 1.11 bits per heavy atom. The molecule has 1 aliphatic rings. The van der Waals surface area contributed by atoms with Gasteiger partial charge in [-0.15, -0.1) is 0 Å². The molecule has 0 aromatic heterocycles. The molecule has 0 saturated carbocycles. The van der Waals surface area contributed by atoms with E-state index in [4.69, 9.17) is 14.6 Å². The summed E-state index contributed by atoms with van der Waals surface area (Å²) in [7, 11) is 0.163. The van der Waals surface area contributed by atoms with Crippen LogP contribution >= 0.6 is 0 Å². The number of aliphatic hydroxyl groups excluding tert-OH is 1. The number of carboxylic acids is 1. The van der Waals surface area contributed by atoms with E-state index in [9.17, 15) is 14.1 Å². The molecule has 1 atom stereocenters. The summed E-state index contributed by atoms with van der Waals surface area (Å²) >= 11 is 0. The summed E-state index contributed by atoms with van der Waals surface area (Å²) in [5.74, 6) is -0.00528. The number of carboxylic acid groups (broad SMARTS) is 1. The van der Waals surface area contributed by atoms with Crippen molar-refractivity contribution in [1.29, 1.82) is 0 Å². The smallest absolute Gasteiger partial charge is 0.335 e. The van der Waals surface area contributed by atoms with Crippen molar-refractivity contribution >= 4 is 22.6 Å². The highest BCUT2D eigenvalue weighted by atomic mass is 32.2. The minimum Gasteiger partial charge on any atom is -0.478 e. The third-order valence-corrected chi connectivity index (χ3v) is 7.58. The molecular weight excluding hydrogens is 506 g/mol. The Kier molecular flexibility index (Phi) is 14.3. The van der Waals surface area contributed by atoms with Crippen LogP contribution in [0.15, 0.2) is 47.4 Å². The average Bonchev–Trinajstić information content (AvgIpc) is 2.94. The number of aromatic carboxylic acids is 1. The van der Waals surface area contributed by atoms with E-state index in [0.717, 1.165) is 52.2 Å². The van der Waals surface area contributed by atoms with Crippen LogP contribution in [-0.2, 0) is 15.7 Å². The minimum atomic E-state index is -1.59. The van der Waals surface area contributed by atoms with Gasteiger partial charge in [-0.05, 0) is 37.6 Å². The first-order valence-corrected chi connectivity index (χ1v) is 14.4. The number of carbonyl (C=O) groups is 1. The zero-order valence-electron chi connectivity index (χ0n) is 23.1. The summed E-state index contributed by atoms with van der Waals surface area (Å²) in [4.78, 5) is 17.0. The van der Waals surface area contributed by atoms with Crippen molar-refractivity contribution in [2.45, 2.75) is 38.5 Å². The van der Waals surface area contributed by atoms with Gasteiger partial charge in [-0.2, -0.15) is 0 Å². The standard InChI is InChI=1S/C26H37N3O5S.C2H6O/c1-4-6-12-29(14-13-28-15-17-33-18-16-28)23-19-21(26(30)31)20-24(35(32)27(3)5-2)25(23)34-22-10-8-7-9-11-22;1-2-3/h7-11,19-20H,4-6,12-18H2,1-3H3,(H,30,31);3H,2H2,1H3. The molecule has 0 spiro atoms. The van der Waals surface area contributed by atoms with E-state index in [2.05, 4.69) is 16.7 Å². The quantitative estimate of drug-likeness (QED) is 0.385. The van der Waals surface area contributed by atoms with E-state index < -0.39 is 17.0 Å². The Morgan fingerprint density at radius 2 is 1.76 bits per heavy atom. The molecule has 0 radical (unpaired) electrons. The number of ether oxygens (including phenoxy) is 2. The first-order chi connectivity index (χ1) is 18.4. The summed E-state index contributed by atoms with van der Waals surface area (Å²) in [6, 6.07) is 12.5. The lowest BCUT2D eigenvalue weighted by atomic mass is 10.1. The van der Waals surface area contributed by atoms with Gasteiger partial charge >= 0.3 is 5.97 Å². The highest BCUT2D eigenvalue weighted by Crippen LogP contribution is 2.40. The number of rotatable bonds is 13. The molecule has 1 aliphatic heterocycles. The van der Waals surface area contributed by atoms with E-state index >= 15 is 0 Å². The number of hydrogen-bond acceptors (Lipinski definition) is 7. The van der Waals surface area contributed by atoms with Gasteiger partial charge in [0.05, 0.1) is 24.5 Å². The fourth-order valence-corrected chi connectivity index (χ4v) is 4.96. The van der Waals surface area contributed by atoms with E-state index in [1.807, 2.05) is 37.3 Å². The Bertz CT molecular complexity index is 1000. The average molecular weight is 550 g/mol. The molecule has 9 nitrogen and oxygen atoms in total. The second kappa shape index (κ2) is 17.2. The first-order valence-electron chi connectivity index (χ1n) is 13.3. The van der Waals surface area contributed by atoms with Crippen molar-refractivity contribution in [3.8, 4) is 11.5 Å². The van der Waals surface area contributed by atoms with Crippen molar-refractivity contribution < 1.29 is 28.7 Å². The molecule has 10 heteroatoms. The Balaban J connectivity index is 0.00000161. The van der Waals surface area contributed by atoms with E-state index in [1.54, 1.807) is 24.3 Å². The number of anilines is 1. The van der Waals surface area contributed by atoms with Gasteiger partial charge in [0, 0.05) is 52.9 Å². The summed E-state index contributed by atoms with van der Waals surface area (Å²) < 4.78 is 27.0. The SMILES string of the molecule is CCCCN(CCN1CCOCC1)c1cc(C(=O)O)cc(S(=O)N(C)CC)c1Oc1ccccc1.CCO. The van der Waals surface area contributed by atoms with Crippen LogP contribution in [0.4, 0.5) is 5.69 Å². The van der Waals surface area contributed by atoms with Crippen LogP contribution in [0, 0.1) is 0 Å². The lowest BCUT2D eigenvalue weighted by Crippen LogP contribution is -2.42. The number of morpholine rings is 1. The Hall–Kier alpha value is -2.50. The van der Waals surface area contributed by atoms with Crippen molar-refractivity contribution in [1.82, 2.24) is 9.21 Å². The monoisotopic (exact) mass is 549 g/mol. The van der Waals surface area contributed by atoms with Crippen LogP contribution in [0.2, 0.25) is 0 Å². The van der Waals surface area contributed by atoms with Crippen molar-refractivity contribution in [2.75, 3.05) is 71.0 Å². The van der Waals surface area contributed by atoms with Gasteiger partial charge in [0.25, 0.3) is 0 Å². The van der Waals surface area contributed by atoms with E-state index in [0.29, 0.717) is 35.2 Å². The van der Waals surface area contributed by atoms with Crippen LogP contribution in [0.3, 0.4) is 0 Å². The summed E-state index contributed by atoms with van der Waals surface area (Å²) in [5.41, 5.74) is 0.754. The second-order valence-corrected chi connectivity index (χ2v) is 10.4. The fraction of sp³-hybridized carbons (Fsp3) is 0.536. The fourth-order valence-electron chi connectivity index (χ4n) is 3.86. The van der Waals surface area contributed by atoms with E-state index in [-0.39, 0.29) is 12.2 Å². The highest BCUT2D eigenvalue weighted by molar-refractivity contribution is 7.82. The maximum absolute atomic E-state index is 13.5. The molecule has 1 saturated heterocycles. The van der Waals surface area contributed by atoms with Crippen molar-refractivity contribution in [3.05, 3.63) is 48.0 Å². The van der Waals surface area contributed by atoms with Gasteiger partial charge in [-0.3, -0.25) is 4.90 Å². The van der Waals surface area contributed by atoms with Gasteiger partial charge in [0.1, 0.15) is 21.6 Å². The number of aliphatic hydroxyl groups is 1. The van der Waals surface area contributed by atoms with Crippen LogP contribution in [-0.4, -0.2) is 95.7 Å².